The van der Waals surface area contributed by atoms with Gasteiger partial charge >= 0.3 is 0 Å². The van der Waals surface area contributed by atoms with Gasteiger partial charge in [0.05, 0.1) is 11.5 Å². The Morgan fingerprint density at radius 1 is 1.59 bits per heavy atom. The minimum atomic E-state index is -0.154. The summed E-state index contributed by atoms with van der Waals surface area (Å²) in [5.74, 6) is -0.154. The van der Waals surface area contributed by atoms with Crippen LogP contribution in [0.4, 0.5) is 0 Å². The van der Waals surface area contributed by atoms with Crippen LogP contribution in [-0.4, -0.2) is 33.5 Å². The highest BCUT2D eigenvalue weighted by molar-refractivity contribution is 7.80. The highest BCUT2D eigenvalue weighted by atomic mass is 32.1. The van der Waals surface area contributed by atoms with E-state index in [1.165, 1.54) is 6.26 Å². The highest BCUT2D eigenvalue weighted by Crippen LogP contribution is 2.24. The lowest BCUT2D eigenvalue weighted by atomic mass is 10.2. The summed E-state index contributed by atoms with van der Waals surface area (Å²) in [5.41, 5.74) is 5.86. The molecule has 2 N–H and O–H groups in total. The molecule has 6 heteroatoms. The Hall–Kier alpha value is -1.43. The molecule has 17 heavy (non-hydrogen) atoms. The molecular weight excluding hydrogens is 238 g/mol. The van der Waals surface area contributed by atoms with Crippen LogP contribution in [0.5, 0.6) is 0 Å². The van der Waals surface area contributed by atoms with E-state index in [4.69, 9.17) is 22.5 Å². The molecule has 0 saturated heterocycles. The molecule has 1 heterocycles. The summed E-state index contributed by atoms with van der Waals surface area (Å²) < 4.78 is 4.69. The van der Waals surface area contributed by atoms with Crippen LogP contribution in [0.15, 0.2) is 16.9 Å². The topological polar surface area (TPSA) is 72.4 Å². The van der Waals surface area contributed by atoms with E-state index in [9.17, 15) is 4.79 Å². The van der Waals surface area contributed by atoms with Gasteiger partial charge in [-0.25, -0.2) is 0 Å². The number of amides is 1. The number of hydrogen-bond donors (Lipinski definition) is 1. The van der Waals surface area contributed by atoms with Crippen molar-refractivity contribution in [1.29, 1.82) is 0 Å². The van der Waals surface area contributed by atoms with Crippen LogP contribution < -0.4 is 5.73 Å². The van der Waals surface area contributed by atoms with Crippen LogP contribution >= 0.6 is 12.2 Å². The van der Waals surface area contributed by atoms with Gasteiger partial charge in [-0.2, -0.15) is 0 Å². The minimum Gasteiger partial charge on any atom is -0.392 e. The molecule has 0 aliphatic heterocycles. The summed E-state index contributed by atoms with van der Waals surface area (Å²) in [6.45, 7) is 0.311. The Kier molecular flexibility index (Phi) is 3.73. The number of carbonyl (C=O) groups is 1. The van der Waals surface area contributed by atoms with E-state index in [-0.39, 0.29) is 11.9 Å². The molecule has 5 nitrogen and oxygen atoms in total. The molecular formula is C11H15N3O2S. The van der Waals surface area contributed by atoms with Gasteiger partial charge in [0, 0.05) is 12.1 Å². The van der Waals surface area contributed by atoms with Gasteiger partial charge in [0.1, 0.15) is 6.26 Å². The largest absolute Gasteiger partial charge is 0.392 e. The van der Waals surface area contributed by atoms with Crippen molar-refractivity contribution in [2.75, 3.05) is 6.54 Å². The van der Waals surface area contributed by atoms with E-state index in [0.29, 0.717) is 17.2 Å². The zero-order chi connectivity index (χ0) is 12.3. The Labute approximate surface area is 105 Å². The van der Waals surface area contributed by atoms with Crippen molar-refractivity contribution in [3.05, 3.63) is 18.0 Å². The first-order valence-corrected chi connectivity index (χ1v) is 6.09. The van der Waals surface area contributed by atoms with Gasteiger partial charge in [-0.1, -0.05) is 30.2 Å². The lowest BCUT2D eigenvalue weighted by Gasteiger charge is -2.27. The summed E-state index contributed by atoms with van der Waals surface area (Å²) in [5, 5.41) is 3.67. The van der Waals surface area contributed by atoms with Crippen LogP contribution in [0.25, 0.3) is 0 Å². The zero-order valence-electron chi connectivity index (χ0n) is 9.46. The van der Waals surface area contributed by atoms with Crippen molar-refractivity contribution in [2.45, 2.75) is 31.7 Å². The summed E-state index contributed by atoms with van der Waals surface area (Å²) >= 11 is 4.90. The maximum atomic E-state index is 12.2. The Balaban J connectivity index is 2.14. The van der Waals surface area contributed by atoms with Crippen molar-refractivity contribution >= 4 is 23.1 Å². The Bertz CT molecular complexity index is 399. The minimum absolute atomic E-state index is 0.154. The first-order chi connectivity index (χ1) is 8.18. The highest BCUT2D eigenvalue weighted by Gasteiger charge is 2.28. The van der Waals surface area contributed by atoms with Gasteiger partial charge in [-0.15, -0.1) is 0 Å². The Morgan fingerprint density at radius 2 is 2.29 bits per heavy atom. The van der Waals surface area contributed by atoms with Gasteiger partial charge in [0.15, 0.2) is 5.69 Å². The number of nitrogens with zero attached hydrogens (tertiary/aromatic N) is 2. The predicted molar refractivity (Wildman–Crippen MR) is 66.6 cm³/mol. The van der Waals surface area contributed by atoms with E-state index in [1.807, 2.05) is 0 Å². The molecule has 92 valence electrons. The van der Waals surface area contributed by atoms with E-state index < -0.39 is 0 Å². The molecule has 1 fully saturated rings. The average molecular weight is 253 g/mol. The molecule has 2 rings (SSSR count). The number of hydrogen-bond acceptors (Lipinski definition) is 4. The number of nitrogens with two attached hydrogens (primary N) is 1. The summed E-state index contributed by atoms with van der Waals surface area (Å²) in [4.78, 5) is 14.3. The average Bonchev–Trinajstić information content (AvgIpc) is 2.96. The third-order valence-electron chi connectivity index (χ3n) is 3.01. The molecule has 0 radical (unpaired) electrons. The van der Waals surface area contributed by atoms with Crippen LogP contribution in [0.2, 0.25) is 0 Å². The number of rotatable bonds is 4. The first kappa shape index (κ1) is 12.0. The van der Waals surface area contributed by atoms with Crippen molar-refractivity contribution < 1.29 is 9.32 Å². The standard InChI is InChI=1S/C11H15N3O2S/c12-10(17)7-14(8-3-1-2-4-8)11(15)9-5-6-16-13-9/h5-6,8H,1-4,7H2,(H2,12,17). The summed E-state index contributed by atoms with van der Waals surface area (Å²) in [6.07, 6.45) is 5.69. The fourth-order valence-electron chi connectivity index (χ4n) is 2.22. The Morgan fingerprint density at radius 3 is 2.82 bits per heavy atom. The smallest absolute Gasteiger partial charge is 0.276 e. The SMILES string of the molecule is NC(=S)CN(C(=O)c1ccon1)C1CCCC1. The molecule has 1 aromatic rings. The first-order valence-electron chi connectivity index (χ1n) is 5.68. The number of aromatic nitrogens is 1. The van der Waals surface area contributed by atoms with E-state index in [2.05, 4.69) is 5.16 Å². The zero-order valence-corrected chi connectivity index (χ0v) is 10.3. The lowest BCUT2D eigenvalue weighted by molar-refractivity contribution is 0.0704. The van der Waals surface area contributed by atoms with E-state index in [1.54, 1.807) is 11.0 Å². The number of carbonyl (C=O) groups excluding carboxylic acids is 1. The van der Waals surface area contributed by atoms with Crippen molar-refractivity contribution in [3.8, 4) is 0 Å². The maximum Gasteiger partial charge on any atom is 0.276 e. The summed E-state index contributed by atoms with van der Waals surface area (Å²) in [6, 6.07) is 1.78. The predicted octanol–water partition coefficient (Wildman–Crippen LogP) is 1.35. The second-order valence-electron chi connectivity index (χ2n) is 4.22. The van der Waals surface area contributed by atoms with Crippen LogP contribution in [-0.2, 0) is 0 Å². The molecule has 0 spiro atoms. The molecule has 1 aliphatic rings. The van der Waals surface area contributed by atoms with Crippen LogP contribution in [0.1, 0.15) is 36.2 Å². The maximum absolute atomic E-state index is 12.2. The summed E-state index contributed by atoms with van der Waals surface area (Å²) in [7, 11) is 0. The molecule has 1 aliphatic carbocycles. The van der Waals surface area contributed by atoms with E-state index >= 15 is 0 Å². The molecule has 0 atom stereocenters. The molecule has 0 bridgehead atoms. The fourth-order valence-corrected chi connectivity index (χ4v) is 2.36. The quantitative estimate of drug-likeness (QED) is 0.820. The fraction of sp³-hybridized carbons (Fsp3) is 0.545. The van der Waals surface area contributed by atoms with Gasteiger partial charge in [0.25, 0.3) is 5.91 Å². The third kappa shape index (κ3) is 2.82. The van der Waals surface area contributed by atoms with Crippen molar-refractivity contribution in [1.82, 2.24) is 10.1 Å². The monoisotopic (exact) mass is 253 g/mol. The van der Waals surface area contributed by atoms with Crippen LogP contribution in [0, 0.1) is 0 Å². The van der Waals surface area contributed by atoms with Gasteiger partial charge in [-0.3, -0.25) is 4.79 Å². The van der Waals surface area contributed by atoms with Crippen molar-refractivity contribution in [2.24, 2.45) is 5.73 Å². The molecule has 1 amide bonds. The number of thiocarbonyl (C=S) groups is 1. The normalized spacial score (nSPS) is 16.0. The third-order valence-corrected chi connectivity index (χ3v) is 3.14. The molecule has 1 saturated carbocycles. The molecule has 0 unspecified atom stereocenters. The molecule has 0 aromatic carbocycles. The second-order valence-corrected chi connectivity index (χ2v) is 4.75. The van der Waals surface area contributed by atoms with Gasteiger partial charge < -0.3 is 15.2 Å². The lowest BCUT2D eigenvalue weighted by Crippen LogP contribution is -2.43. The van der Waals surface area contributed by atoms with Crippen molar-refractivity contribution in [3.63, 3.8) is 0 Å². The molecule has 1 aromatic heterocycles. The second kappa shape index (κ2) is 5.27. The van der Waals surface area contributed by atoms with Crippen LogP contribution in [0.3, 0.4) is 0 Å². The van der Waals surface area contributed by atoms with Gasteiger partial charge in [-0.05, 0) is 12.8 Å². The van der Waals surface area contributed by atoms with Gasteiger partial charge in [0.2, 0.25) is 0 Å². The van der Waals surface area contributed by atoms with E-state index in [0.717, 1.165) is 25.7 Å².